The van der Waals surface area contributed by atoms with Gasteiger partial charge >= 0.3 is 11.9 Å². The van der Waals surface area contributed by atoms with Crippen LogP contribution in [0.2, 0.25) is 0 Å². The first kappa shape index (κ1) is 12.4. The number of esters is 2. The Kier molecular flexibility index (Phi) is 4.94. The van der Waals surface area contributed by atoms with Crippen molar-refractivity contribution < 1.29 is 19.1 Å². The van der Waals surface area contributed by atoms with E-state index >= 15 is 0 Å². The average molecular weight is 232 g/mol. The van der Waals surface area contributed by atoms with Crippen molar-refractivity contribution in [3.05, 3.63) is 0 Å². The number of ether oxygens (including phenoxy) is 2. The lowest BCUT2D eigenvalue weighted by atomic mass is 9.90. The standard InChI is InChI=1S/C10H16O4S/c1-13-9(11)3-7-5-15-6-8(7)4-10(12)14-2/h7-8H,3-6H2,1-2H3. The minimum atomic E-state index is -0.197. The maximum absolute atomic E-state index is 11.1. The maximum Gasteiger partial charge on any atom is 0.305 e. The second-order valence-corrected chi connectivity index (χ2v) is 4.69. The summed E-state index contributed by atoms with van der Waals surface area (Å²) in [6, 6.07) is 0. The topological polar surface area (TPSA) is 52.6 Å². The van der Waals surface area contributed by atoms with E-state index < -0.39 is 0 Å². The molecule has 15 heavy (non-hydrogen) atoms. The van der Waals surface area contributed by atoms with Gasteiger partial charge < -0.3 is 9.47 Å². The first-order valence-corrected chi connectivity index (χ1v) is 6.04. The lowest BCUT2D eigenvalue weighted by Gasteiger charge is -2.15. The van der Waals surface area contributed by atoms with Gasteiger partial charge in [0.05, 0.1) is 14.2 Å². The van der Waals surface area contributed by atoms with E-state index in [-0.39, 0.29) is 23.8 Å². The third kappa shape index (κ3) is 3.74. The number of carbonyl (C=O) groups excluding carboxylic acids is 2. The third-order valence-electron chi connectivity index (χ3n) is 2.64. The van der Waals surface area contributed by atoms with E-state index in [1.54, 1.807) is 11.8 Å². The quantitative estimate of drug-likeness (QED) is 0.679. The molecule has 0 aromatic heterocycles. The van der Waals surface area contributed by atoms with Gasteiger partial charge in [-0.1, -0.05) is 0 Å². The van der Waals surface area contributed by atoms with Crippen LogP contribution < -0.4 is 0 Å². The minimum absolute atomic E-state index is 0.197. The van der Waals surface area contributed by atoms with Crippen molar-refractivity contribution in [2.24, 2.45) is 11.8 Å². The Morgan fingerprint density at radius 2 is 1.47 bits per heavy atom. The molecule has 0 bridgehead atoms. The smallest absolute Gasteiger partial charge is 0.305 e. The highest BCUT2D eigenvalue weighted by Crippen LogP contribution is 2.34. The first-order chi connectivity index (χ1) is 7.17. The van der Waals surface area contributed by atoms with Crippen LogP contribution in [0.5, 0.6) is 0 Å². The fraction of sp³-hybridized carbons (Fsp3) is 0.800. The zero-order valence-corrected chi connectivity index (χ0v) is 9.84. The highest BCUT2D eigenvalue weighted by molar-refractivity contribution is 7.99. The molecule has 0 amide bonds. The molecule has 0 saturated carbocycles. The van der Waals surface area contributed by atoms with E-state index in [9.17, 15) is 9.59 Å². The molecule has 1 saturated heterocycles. The van der Waals surface area contributed by atoms with Crippen LogP contribution in [0.4, 0.5) is 0 Å². The first-order valence-electron chi connectivity index (χ1n) is 4.88. The molecule has 0 aromatic carbocycles. The Bertz CT molecular complexity index is 218. The molecular weight excluding hydrogens is 216 g/mol. The van der Waals surface area contributed by atoms with Crippen LogP contribution >= 0.6 is 11.8 Å². The normalized spacial score (nSPS) is 24.9. The molecule has 4 nitrogen and oxygen atoms in total. The van der Waals surface area contributed by atoms with Gasteiger partial charge in [-0.2, -0.15) is 11.8 Å². The SMILES string of the molecule is COC(=O)CC1CSCC1CC(=O)OC. The zero-order chi connectivity index (χ0) is 11.3. The van der Waals surface area contributed by atoms with Crippen LogP contribution in [-0.2, 0) is 19.1 Å². The van der Waals surface area contributed by atoms with Crippen molar-refractivity contribution in [3.63, 3.8) is 0 Å². The number of methoxy groups -OCH3 is 2. The summed E-state index contributed by atoms with van der Waals surface area (Å²) < 4.78 is 9.25. The van der Waals surface area contributed by atoms with Crippen molar-refractivity contribution in [1.82, 2.24) is 0 Å². The third-order valence-corrected chi connectivity index (χ3v) is 3.97. The predicted molar refractivity (Wildman–Crippen MR) is 57.6 cm³/mol. The lowest BCUT2D eigenvalue weighted by molar-refractivity contribution is -0.144. The van der Waals surface area contributed by atoms with Crippen LogP contribution in [-0.4, -0.2) is 37.7 Å². The number of hydrogen-bond acceptors (Lipinski definition) is 5. The molecule has 0 N–H and O–H groups in total. The van der Waals surface area contributed by atoms with Crippen molar-refractivity contribution in [3.8, 4) is 0 Å². The van der Waals surface area contributed by atoms with Gasteiger partial charge in [-0.3, -0.25) is 9.59 Å². The van der Waals surface area contributed by atoms with Gasteiger partial charge in [0, 0.05) is 12.8 Å². The highest BCUT2D eigenvalue weighted by atomic mass is 32.2. The molecule has 0 radical (unpaired) electrons. The van der Waals surface area contributed by atoms with E-state index in [4.69, 9.17) is 0 Å². The van der Waals surface area contributed by atoms with E-state index in [2.05, 4.69) is 9.47 Å². The fourth-order valence-electron chi connectivity index (χ4n) is 1.69. The number of hydrogen-bond donors (Lipinski definition) is 0. The second-order valence-electron chi connectivity index (χ2n) is 3.62. The van der Waals surface area contributed by atoms with Crippen LogP contribution in [0.3, 0.4) is 0 Å². The molecule has 1 aliphatic heterocycles. The van der Waals surface area contributed by atoms with Crippen molar-refractivity contribution in [2.45, 2.75) is 12.8 Å². The van der Waals surface area contributed by atoms with Crippen molar-refractivity contribution in [2.75, 3.05) is 25.7 Å². The Morgan fingerprint density at radius 3 is 1.80 bits per heavy atom. The van der Waals surface area contributed by atoms with Crippen molar-refractivity contribution in [1.29, 1.82) is 0 Å². The minimum Gasteiger partial charge on any atom is -0.469 e. The van der Waals surface area contributed by atoms with E-state index in [0.29, 0.717) is 12.8 Å². The molecule has 1 fully saturated rings. The summed E-state index contributed by atoms with van der Waals surface area (Å²) in [6.45, 7) is 0. The van der Waals surface area contributed by atoms with Gasteiger partial charge in [-0.15, -0.1) is 0 Å². The summed E-state index contributed by atoms with van der Waals surface area (Å²) in [4.78, 5) is 22.2. The molecule has 0 aliphatic carbocycles. The van der Waals surface area contributed by atoms with Gasteiger partial charge in [0.2, 0.25) is 0 Å². The lowest BCUT2D eigenvalue weighted by Crippen LogP contribution is -2.20. The Balaban J connectivity index is 2.42. The fourth-order valence-corrected chi connectivity index (χ4v) is 3.21. The highest BCUT2D eigenvalue weighted by Gasteiger charge is 2.31. The molecule has 86 valence electrons. The van der Waals surface area contributed by atoms with E-state index in [1.165, 1.54) is 14.2 Å². The molecule has 2 atom stereocenters. The zero-order valence-electron chi connectivity index (χ0n) is 9.02. The molecule has 1 aliphatic rings. The van der Waals surface area contributed by atoms with Crippen molar-refractivity contribution >= 4 is 23.7 Å². The largest absolute Gasteiger partial charge is 0.469 e. The molecule has 1 rings (SSSR count). The molecule has 1 heterocycles. The van der Waals surface area contributed by atoms with Gasteiger partial charge in [-0.25, -0.2) is 0 Å². The van der Waals surface area contributed by atoms with Gasteiger partial charge in [-0.05, 0) is 23.3 Å². The number of thioether (sulfide) groups is 1. The van der Waals surface area contributed by atoms with Gasteiger partial charge in [0.1, 0.15) is 0 Å². The predicted octanol–water partition coefficient (Wildman–Crippen LogP) is 1.09. The average Bonchev–Trinajstić information content (AvgIpc) is 2.65. The van der Waals surface area contributed by atoms with Crippen LogP contribution in [0.25, 0.3) is 0 Å². The molecule has 5 heteroatoms. The van der Waals surface area contributed by atoms with Crippen LogP contribution in [0.15, 0.2) is 0 Å². The monoisotopic (exact) mass is 232 g/mol. The summed E-state index contributed by atoms with van der Waals surface area (Å²) >= 11 is 1.78. The van der Waals surface area contributed by atoms with Crippen LogP contribution in [0.1, 0.15) is 12.8 Å². The molecular formula is C10H16O4S. The van der Waals surface area contributed by atoms with E-state index in [1.807, 2.05) is 0 Å². The summed E-state index contributed by atoms with van der Waals surface area (Å²) in [6.07, 6.45) is 0.816. The summed E-state index contributed by atoms with van der Waals surface area (Å²) in [5.74, 6) is 1.96. The Morgan fingerprint density at radius 1 is 1.07 bits per heavy atom. The van der Waals surface area contributed by atoms with E-state index in [0.717, 1.165) is 11.5 Å². The summed E-state index contributed by atoms with van der Waals surface area (Å²) in [5, 5.41) is 0. The molecule has 0 spiro atoms. The Labute approximate surface area is 93.7 Å². The number of rotatable bonds is 4. The van der Waals surface area contributed by atoms with Crippen LogP contribution in [0, 0.1) is 11.8 Å². The molecule has 2 unspecified atom stereocenters. The van der Waals surface area contributed by atoms with Gasteiger partial charge in [0.15, 0.2) is 0 Å². The maximum atomic E-state index is 11.1. The summed E-state index contributed by atoms with van der Waals surface area (Å²) in [7, 11) is 2.78. The Hall–Kier alpha value is -0.710. The number of carbonyl (C=O) groups is 2. The summed E-state index contributed by atoms with van der Waals surface area (Å²) in [5.41, 5.74) is 0. The second kappa shape index (κ2) is 6.00. The molecule has 0 aromatic rings. The van der Waals surface area contributed by atoms with Gasteiger partial charge in [0.25, 0.3) is 0 Å².